The Morgan fingerprint density at radius 2 is 0.882 bits per heavy atom. The number of nitrogens with zero attached hydrogens (tertiary/aromatic N) is 2. The molecule has 2 nitrogen and oxygen atoms in total. The second kappa shape index (κ2) is 9.74. The van der Waals surface area contributed by atoms with E-state index >= 15 is 0 Å². The first-order valence-corrected chi connectivity index (χ1v) is 17.7. The van der Waals surface area contributed by atoms with Crippen LogP contribution in [0, 0.1) is 0 Å². The smallest absolute Gasteiger partial charge is 0.0971 e. The standard InChI is InChI=1S/C49H28N2/c1-2-12-29(13-3-1)31-24-25-37(48-47(31)50-26-27-51-48)46-44-36-20-11-15-30-14-10-19-34(43(30)36)38(44)28-42-45(46)35-18-6-9-23-41(35)49(42)39-21-7-4-16-32(39)33-17-5-8-22-40(33)49/h1-28H. The minimum Gasteiger partial charge on any atom is -0.252 e. The molecule has 0 aliphatic heterocycles. The lowest BCUT2D eigenvalue weighted by atomic mass is 9.69. The maximum Gasteiger partial charge on any atom is 0.0971 e. The van der Waals surface area contributed by atoms with E-state index in [0.29, 0.717) is 0 Å². The lowest BCUT2D eigenvalue weighted by molar-refractivity contribution is 0.794. The van der Waals surface area contributed by atoms with Crippen LogP contribution < -0.4 is 0 Å². The lowest BCUT2D eigenvalue weighted by Crippen LogP contribution is -2.26. The fourth-order valence-corrected chi connectivity index (χ4v) is 9.89. The molecule has 1 spiro atoms. The molecule has 1 aromatic heterocycles. The topological polar surface area (TPSA) is 25.8 Å². The van der Waals surface area contributed by atoms with Gasteiger partial charge in [-0.3, -0.25) is 9.97 Å². The Bertz CT molecular complexity index is 2920. The van der Waals surface area contributed by atoms with E-state index in [1.165, 1.54) is 83.1 Å². The van der Waals surface area contributed by atoms with Crippen molar-refractivity contribution in [3.05, 3.63) is 192 Å². The summed E-state index contributed by atoms with van der Waals surface area (Å²) in [6.07, 6.45) is 3.67. The van der Waals surface area contributed by atoms with Gasteiger partial charge in [-0.25, -0.2) is 0 Å². The van der Waals surface area contributed by atoms with Gasteiger partial charge >= 0.3 is 0 Å². The summed E-state index contributed by atoms with van der Waals surface area (Å²) in [4.78, 5) is 10.2. The largest absolute Gasteiger partial charge is 0.252 e. The van der Waals surface area contributed by atoms with Gasteiger partial charge in [0, 0.05) is 29.1 Å². The molecule has 0 amide bonds. The van der Waals surface area contributed by atoms with Gasteiger partial charge in [-0.15, -0.1) is 0 Å². The van der Waals surface area contributed by atoms with Crippen molar-refractivity contribution in [2.75, 3.05) is 0 Å². The number of fused-ring (bicyclic) bond motifs is 14. The van der Waals surface area contributed by atoms with Gasteiger partial charge in [0.15, 0.2) is 0 Å². The Kier molecular flexibility index (Phi) is 5.20. The summed E-state index contributed by atoms with van der Waals surface area (Å²) in [5.74, 6) is 0. The van der Waals surface area contributed by atoms with Crippen molar-refractivity contribution in [3.8, 4) is 66.8 Å². The van der Waals surface area contributed by atoms with E-state index in [4.69, 9.17) is 9.97 Å². The van der Waals surface area contributed by atoms with Crippen LogP contribution in [0.5, 0.6) is 0 Å². The first-order chi connectivity index (χ1) is 25.3. The number of benzene rings is 8. The van der Waals surface area contributed by atoms with Gasteiger partial charge in [-0.05, 0) is 89.2 Å². The maximum atomic E-state index is 5.15. The lowest BCUT2D eigenvalue weighted by Gasteiger charge is -2.31. The number of hydrogen-bond donors (Lipinski definition) is 0. The number of rotatable bonds is 2. The normalized spacial score (nSPS) is 13.6. The van der Waals surface area contributed by atoms with E-state index < -0.39 is 5.41 Å². The summed E-state index contributed by atoms with van der Waals surface area (Å²) in [6, 6.07) is 58.5. The molecule has 9 aromatic rings. The van der Waals surface area contributed by atoms with Crippen LogP contribution in [0.2, 0.25) is 0 Å². The molecule has 51 heavy (non-hydrogen) atoms. The fraction of sp³-hybridized carbons (Fsp3) is 0.0204. The van der Waals surface area contributed by atoms with Gasteiger partial charge in [0.2, 0.25) is 0 Å². The van der Waals surface area contributed by atoms with Gasteiger partial charge in [0.25, 0.3) is 0 Å². The van der Waals surface area contributed by atoms with Crippen LogP contribution in [-0.4, -0.2) is 9.97 Å². The molecule has 0 atom stereocenters. The molecule has 3 aliphatic rings. The number of hydrogen-bond acceptors (Lipinski definition) is 2. The van der Waals surface area contributed by atoms with Crippen molar-refractivity contribution in [2.24, 2.45) is 0 Å². The summed E-state index contributed by atoms with van der Waals surface area (Å²) in [6.45, 7) is 0. The third kappa shape index (κ3) is 3.28. The minimum absolute atomic E-state index is 0.461. The van der Waals surface area contributed by atoms with Crippen molar-refractivity contribution >= 4 is 21.8 Å². The zero-order valence-electron chi connectivity index (χ0n) is 27.6. The highest BCUT2D eigenvalue weighted by Gasteiger charge is 2.53. The molecule has 0 N–H and O–H groups in total. The highest BCUT2D eigenvalue weighted by atomic mass is 14.8. The molecule has 0 saturated carbocycles. The van der Waals surface area contributed by atoms with E-state index in [2.05, 4.69) is 158 Å². The predicted octanol–water partition coefficient (Wildman–Crippen LogP) is 12.1. The molecular formula is C49H28N2. The van der Waals surface area contributed by atoms with E-state index in [1.54, 1.807) is 0 Å². The Hall–Kier alpha value is -6.64. The van der Waals surface area contributed by atoms with E-state index in [-0.39, 0.29) is 0 Å². The second-order valence-electron chi connectivity index (χ2n) is 14.0. The summed E-state index contributed by atoms with van der Waals surface area (Å²) >= 11 is 0. The molecule has 234 valence electrons. The van der Waals surface area contributed by atoms with Crippen molar-refractivity contribution in [2.45, 2.75) is 5.41 Å². The summed E-state index contributed by atoms with van der Waals surface area (Å²) < 4.78 is 0. The molecule has 12 rings (SSSR count). The molecule has 1 heterocycles. The van der Waals surface area contributed by atoms with E-state index in [1.807, 2.05) is 12.4 Å². The zero-order chi connectivity index (χ0) is 33.3. The molecule has 0 fully saturated rings. The Morgan fingerprint density at radius 1 is 0.333 bits per heavy atom. The fourth-order valence-electron chi connectivity index (χ4n) is 9.89. The summed E-state index contributed by atoms with van der Waals surface area (Å²) in [7, 11) is 0. The Labute approximate surface area is 295 Å². The van der Waals surface area contributed by atoms with Crippen LogP contribution in [0.15, 0.2) is 170 Å². The molecule has 3 aliphatic carbocycles. The highest BCUT2D eigenvalue weighted by Crippen LogP contribution is 2.67. The zero-order valence-corrected chi connectivity index (χ0v) is 27.6. The van der Waals surface area contributed by atoms with Gasteiger partial charge in [-0.1, -0.05) is 152 Å². The van der Waals surface area contributed by atoms with Crippen LogP contribution in [0.4, 0.5) is 0 Å². The van der Waals surface area contributed by atoms with E-state index in [0.717, 1.165) is 27.7 Å². The molecule has 2 heteroatoms. The predicted molar refractivity (Wildman–Crippen MR) is 209 cm³/mol. The first kappa shape index (κ1) is 27.2. The van der Waals surface area contributed by atoms with Crippen LogP contribution in [-0.2, 0) is 5.41 Å². The molecule has 0 radical (unpaired) electrons. The molecule has 8 aromatic carbocycles. The summed E-state index contributed by atoms with van der Waals surface area (Å²) in [5, 5.41) is 2.59. The second-order valence-corrected chi connectivity index (χ2v) is 14.0. The Morgan fingerprint density at radius 3 is 1.59 bits per heavy atom. The SMILES string of the molecule is c1ccc(-c2ccc(-c3c4c(cc5c3-c3ccccc3C53c5ccccc5-c5ccccc53)-c3cccc5cccc-4c35)c3nccnc23)cc1. The molecule has 0 bridgehead atoms. The van der Waals surface area contributed by atoms with Gasteiger partial charge < -0.3 is 0 Å². The molecular weight excluding hydrogens is 617 g/mol. The van der Waals surface area contributed by atoms with Crippen molar-refractivity contribution in [1.82, 2.24) is 9.97 Å². The third-order valence-corrected chi connectivity index (χ3v) is 11.7. The van der Waals surface area contributed by atoms with Crippen molar-refractivity contribution in [3.63, 3.8) is 0 Å². The van der Waals surface area contributed by atoms with Crippen LogP contribution >= 0.6 is 0 Å². The van der Waals surface area contributed by atoms with Crippen molar-refractivity contribution in [1.29, 1.82) is 0 Å². The van der Waals surface area contributed by atoms with Crippen LogP contribution in [0.25, 0.3) is 88.6 Å². The average molecular weight is 645 g/mol. The monoisotopic (exact) mass is 644 g/mol. The van der Waals surface area contributed by atoms with Gasteiger partial charge in [0.05, 0.1) is 16.4 Å². The third-order valence-electron chi connectivity index (χ3n) is 11.7. The maximum absolute atomic E-state index is 5.15. The Balaban J connectivity index is 1.30. The first-order valence-electron chi connectivity index (χ1n) is 17.7. The highest BCUT2D eigenvalue weighted by molar-refractivity contribution is 6.22. The number of aromatic nitrogens is 2. The van der Waals surface area contributed by atoms with E-state index in [9.17, 15) is 0 Å². The van der Waals surface area contributed by atoms with Crippen molar-refractivity contribution < 1.29 is 0 Å². The van der Waals surface area contributed by atoms with Crippen LogP contribution in [0.1, 0.15) is 22.3 Å². The summed E-state index contributed by atoms with van der Waals surface area (Å²) in [5.41, 5.74) is 21.7. The van der Waals surface area contributed by atoms with Gasteiger partial charge in [-0.2, -0.15) is 0 Å². The average Bonchev–Trinajstić information content (AvgIpc) is 3.80. The minimum atomic E-state index is -0.461. The molecule has 0 saturated heterocycles. The van der Waals surface area contributed by atoms with Gasteiger partial charge in [0.1, 0.15) is 0 Å². The molecule has 0 unspecified atom stereocenters. The van der Waals surface area contributed by atoms with Crippen LogP contribution in [0.3, 0.4) is 0 Å². The quantitative estimate of drug-likeness (QED) is 0.187.